The maximum Gasteiger partial charge on any atom is 0.280 e. The monoisotopic (exact) mass is 365 g/mol. The summed E-state index contributed by atoms with van der Waals surface area (Å²) in [4.78, 5) is 4.33. The summed E-state index contributed by atoms with van der Waals surface area (Å²) in [6.07, 6.45) is 0. The number of aryl methyl sites for hydroxylation is 1. The third-order valence-corrected chi connectivity index (χ3v) is 4.18. The van der Waals surface area contributed by atoms with Gasteiger partial charge in [0.2, 0.25) is 5.82 Å². The first kappa shape index (κ1) is 16.9. The zero-order valence-corrected chi connectivity index (χ0v) is 15.0. The number of benzene rings is 2. The molecule has 0 fully saturated rings. The van der Waals surface area contributed by atoms with Gasteiger partial charge in [-0.25, -0.2) is 9.07 Å². The number of hydrogen-bond donors (Lipinski definition) is 0. The highest BCUT2D eigenvalue weighted by Crippen LogP contribution is 2.27. The van der Waals surface area contributed by atoms with Crippen molar-refractivity contribution >= 4 is 0 Å². The molecule has 0 aliphatic carbocycles. The van der Waals surface area contributed by atoms with Crippen LogP contribution in [-0.2, 0) is 0 Å². The molecule has 0 unspecified atom stereocenters. The molecular weight excluding hydrogens is 349 g/mol. The lowest BCUT2D eigenvalue weighted by Crippen LogP contribution is -1.99. The summed E-state index contributed by atoms with van der Waals surface area (Å²) in [5, 5.41) is 12.3. The van der Waals surface area contributed by atoms with Crippen molar-refractivity contribution in [3.8, 4) is 34.4 Å². The van der Waals surface area contributed by atoms with E-state index >= 15 is 0 Å². The van der Waals surface area contributed by atoms with Crippen LogP contribution in [0.3, 0.4) is 0 Å². The zero-order chi connectivity index (χ0) is 19.0. The highest BCUT2D eigenvalue weighted by molar-refractivity contribution is 5.60. The first-order valence-electron chi connectivity index (χ1n) is 8.24. The molecule has 4 rings (SSSR count). The predicted molar refractivity (Wildman–Crippen MR) is 96.1 cm³/mol. The van der Waals surface area contributed by atoms with Crippen LogP contribution < -0.4 is 4.74 Å². The van der Waals surface area contributed by atoms with E-state index in [2.05, 4.69) is 20.5 Å². The molecule has 2 aromatic carbocycles. The zero-order valence-electron chi connectivity index (χ0n) is 15.0. The van der Waals surface area contributed by atoms with E-state index in [1.807, 2.05) is 38.1 Å². The first-order chi connectivity index (χ1) is 13.1. The summed E-state index contributed by atoms with van der Waals surface area (Å²) < 4.78 is 25.9. The van der Waals surface area contributed by atoms with Crippen molar-refractivity contribution in [3.63, 3.8) is 0 Å². The molecule has 27 heavy (non-hydrogen) atoms. The Bertz CT molecular complexity index is 1120. The molecule has 0 saturated heterocycles. The Kier molecular flexibility index (Phi) is 4.15. The molecule has 2 heterocycles. The summed E-state index contributed by atoms with van der Waals surface area (Å²) >= 11 is 0. The third kappa shape index (κ3) is 3.05. The van der Waals surface area contributed by atoms with Crippen molar-refractivity contribution in [2.24, 2.45) is 0 Å². The SMILES string of the molecule is COc1ccc(-c2noc(-c3nnn(-c4cccc(C)c4)c3C)n2)cc1F. The summed E-state index contributed by atoms with van der Waals surface area (Å²) in [7, 11) is 1.41. The minimum atomic E-state index is -0.497. The lowest BCUT2D eigenvalue weighted by Gasteiger charge is -2.03. The fraction of sp³-hybridized carbons (Fsp3) is 0.158. The van der Waals surface area contributed by atoms with Crippen LogP contribution in [0.5, 0.6) is 5.75 Å². The van der Waals surface area contributed by atoms with Crippen molar-refractivity contribution in [2.45, 2.75) is 13.8 Å². The lowest BCUT2D eigenvalue weighted by molar-refractivity contribution is 0.386. The van der Waals surface area contributed by atoms with Crippen LogP contribution in [0, 0.1) is 19.7 Å². The minimum Gasteiger partial charge on any atom is -0.494 e. The molecule has 2 aromatic heterocycles. The molecule has 0 N–H and O–H groups in total. The van der Waals surface area contributed by atoms with Gasteiger partial charge in [-0.05, 0) is 49.7 Å². The van der Waals surface area contributed by atoms with Crippen LogP contribution in [0.4, 0.5) is 4.39 Å². The van der Waals surface area contributed by atoms with Crippen LogP contribution in [0.2, 0.25) is 0 Å². The fourth-order valence-electron chi connectivity index (χ4n) is 2.77. The second-order valence-corrected chi connectivity index (χ2v) is 6.05. The summed E-state index contributed by atoms with van der Waals surface area (Å²) in [6.45, 7) is 3.88. The van der Waals surface area contributed by atoms with E-state index < -0.39 is 5.82 Å². The minimum absolute atomic E-state index is 0.152. The van der Waals surface area contributed by atoms with Crippen LogP contribution >= 0.6 is 0 Å². The number of hydrogen-bond acceptors (Lipinski definition) is 6. The van der Waals surface area contributed by atoms with E-state index in [4.69, 9.17) is 9.26 Å². The number of halogens is 1. The van der Waals surface area contributed by atoms with Gasteiger partial charge in [0.25, 0.3) is 5.89 Å². The number of nitrogens with zero attached hydrogens (tertiary/aromatic N) is 5. The van der Waals surface area contributed by atoms with Gasteiger partial charge in [-0.1, -0.05) is 22.5 Å². The lowest BCUT2D eigenvalue weighted by atomic mass is 10.2. The van der Waals surface area contributed by atoms with Gasteiger partial charge < -0.3 is 9.26 Å². The Labute approximate surface area is 154 Å². The highest BCUT2D eigenvalue weighted by atomic mass is 19.1. The molecule has 0 bridgehead atoms. The number of ether oxygens (including phenoxy) is 1. The van der Waals surface area contributed by atoms with Gasteiger partial charge >= 0.3 is 0 Å². The topological polar surface area (TPSA) is 78.9 Å². The second kappa shape index (κ2) is 6.64. The van der Waals surface area contributed by atoms with E-state index in [-0.39, 0.29) is 17.5 Å². The molecule has 0 aliphatic rings. The highest BCUT2D eigenvalue weighted by Gasteiger charge is 2.19. The Morgan fingerprint density at radius 1 is 1.11 bits per heavy atom. The average molecular weight is 365 g/mol. The Morgan fingerprint density at radius 2 is 1.96 bits per heavy atom. The van der Waals surface area contributed by atoms with Crippen molar-refractivity contribution < 1.29 is 13.7 Å². The molecule has 0 amide bonds. The second-order valence-electron chi connectivity index (χ2n) is 6.05. The number of methoxy groups -OCH3 is 1. The molecule has 0 spiro atoms. The molecule has 0 aliphatic heterocycles. The molecule has 4 aromatic rings. The van der Waals surface area contributed by atoms with Crippen LogP contribution in [0.1, 0.15) is 11.3 Å². The van der Waals surface area contributed by atoms with Gasteiger partial charge in [-0.15, -0.1) is 5.10 Å². The van der Waals surface area contributed by atoms with E-state index in [1.54, 1.807) is 10.7 Å². The van der Waals surface area contributed by atoms with Crippen molar-refractivity contribution in [3.05, 3.63) is 59.5 Å². The molecule has 136 valence electrons. The van der Waals surface area contributed by atoms with E-state index in [0.717, 1.165) is 16.9 Å². The third-order valence-electron chi connectivity index (χ3n) is 4.18. The standard InChI is InChI=1S/C19H16FN5O2/c1-11-5-4-6-14(9-11)25-12(2)17(22-24-25)19-21-18(23-27-19)13-7-8-16(26-3)15(20)10-13/h4-10H,1-3H3. The predicted octanol–water partition coefficient (Wildman–Crippen LogP) is 3.75. The number of aromatic nitrogens is 5. The smallest absolute Gasteiger partial charge is 0.280 e. The maximum atomic E-state index is 13.9. The van der Waals surface area contributed by atoms with E-state index in [0.29, 0.717) is 11.3 Å². The molecule has 0 radical (unpaired) electrons. The molecule has 0 atom stereocenters. The van der Waals surface area contributed by atoms with Crippen LogP contribution in [-0.4, -0.2) is 32.2 Å². The summed E-state index contributed by atoms with van der Waals surface area (Å²) in [5.41, 5.74) is 3.72. The fourth-order valence-corrected chi connectivity index (χ4v) is 2.77. The molecular formula is C19H16FN5O2. The average Bonchev–Trinajstić information content (AvgIpc) is 3.28. The van der Waals surface area contributed by atoms with Gasteiger partial charge in [-0.3, -0.25) is 0 Å². The molecule has 8 heteroatoms. The Morgan fingerprint density at radius 3 is 2.70 bits per heavy atom. The number of rotatable bonds is 4. The maximum absolute atomic E-state index is 13.9. The molecule has 0 saturated carbocycles. The van der Waals surface area contributed by atoms with Crippen molar-refractivity contribution in [1.82, 2.24) is 25.1 Å². The van der Waals surface area contributed by atoms with Crippen molar-refractivity contribution in [1.29, 1.82) is 0 Å². The summed E-state index contributed by atoms with van der Waals surface area (Å²) in [6, 6.07) is 12.4. The Balaban J connectivity index is 1.69. The molecule has 7 nitrogen and oxygen atoms in total. The normalized spacial score (nSPS) is 11.0. The van der Waals surface area contributed by atoms with Crippen LogP contribution in [0.15, 0.2) is 47.0 Å². The van der Waals surface area contributed by atoms with Gasteiger partial charge in [0, 0.05) is 5.56 Å². The van der Waals surface area contributed by atoms with Gasteiger partial charge in [0.15, 0.2) is 17.3 Å². The summed E-state index contributed by atoms with van der Waals surface area (Å²) in [5.74, 6) is 0.135. The van der Waals surface area contributed by atoms with E-state index in [9.17, 15) is 4.39 Å². The van der Waals surface area contributed by atoms with Gasteiger partial charge in [0.05, 0.1) is 18.5 Å². The Hall–Kier alpha value is -3.55. The van der Waals surface area contributed by atoms with Crippen molar-refractivity contribution in [2.75, 3.05) is 7.11 Å². The van der Waals surface area contributed by atoms with Gasteiger partial charge in [0.1, 0.15) is 0 Å². The largest absolute Gasteiger partial charge is 0.494 e. The first-order valence-corrected chi connectivity index (χ1v) is 8.24. The van der Waals surface area contributed by atoms with Crippen LogP contribution in [0.25, 0.3) is 28.7 Å². The van der Waals surface area contributed by atoms with Gasteiger partial charge in [-0.2, -0.15) is 4.98 Å². The van der Waals surface area contributed by atoms with E-state index in [1.165, 1.54) is 19.2 Å². The quantitative estimate of drug-likeness (QED) is 0.548.